The van der Waals surface area contributed by atoms with Crippen LogP contribution in [0.4, 0.5) is 8.78 Å². The second kappa shape index (κ2) is 6.84. The van der Waals surface area contributed by atoms with Gasteiger partial charge >= 0.3 is 6.61 Å². The predicted molar refractivity (Wildman–Crippen MR) is 86.7 cm³/mol. The van der Waals surface area contributed by atoms with Gasteiger partial charge < -0.3 is 10.1 Å². The van der Waals surface area contributed by atoms with Crippen molar-refractivity contribution in [2.75, 3.05) is 0 Å². The van der Waals surface area contributed by atoms with Gasteiger partial charge in [0, 0.05) is 24.4 Å². The molecule has 6 nitrogen and oxygen atoms in total. The zero-order valence-corrected chi connectivity index (χ0v) is 13.7. The number of aryl methyl sites for hydroxylation is 2. The van der Waals surface area contributed by atoms with Crippen LogP contribution in [0.1, 0.15) is 27.3 Å². The van der Waals surface area contributed by atoms with Gasteiger partial charge in [0.05, 0.1) is 17.0 Å². The smallest absolute Gasteiger partial charge is 0.387 e. The number of para-hydroxylation sites is 1. The summed E-state index contributed by atoms with van der Waals surface area (Å²) in [6, 6.07) is 8.13. The molecule has 3 rings (SSSR count). The maximum atomic E-state index is 12.4. The number of rotatable bonds is 5. The minimum absolute atomic E-state index is 0.0331. The maximum absolute atomic E-state index is 12.4. The van der Waals surface area contributed by atoms with Crippen molar-refractivity contribution in [2.45, 2.75) is 27.0 Å². The molecule has 0 bridgehead atoms. The average molecular weight is 346 g/mol. The van der Waals surface area contributed by atoms with Crippen LogP contribution in [0.5, 0.6) is 5.75 Å². The van der Waals surface area contributed by atoms with E-state index in [0.717, 1.165) is 5.69 Å². The number of carbonyl (C=O) groups excluding carboxylic acids is 1. The first-order valence-corrected chi connectivity index (χ1v) is 7.58. The van der Waals surface area contributed by atoms with Gasteiger partial charge in [0.2, 0.25) is 0 Å². The molecule has 0 aliphatic heterocycles. The van der Waals surface area contributed by atoms with E-state index in [0.29, 0.717) is 22.5 Å². The van der Waals surface area contributed by atoms with Crippen LogP contribution in [0.25, 0.3) is 5.65 Å². The van der Waals surface area contributed by atoms with Crippen molar-refractivity contribution in [1.29, 1.82) is 0 Å². The monoisotopic (exact) mass is 346 g/mol. The number of nitrogens with zero attached hydrogens (tertiary/aromatic N) is 3. The third-order valence-corrected chi connectivity index (χ3v) is 3.72. The molecule has 0 unspecified atom stereocenters. The Kier molecular flexibility index (Phi) is 4.60. The van der Waals surface area contributed by atoms with Crippen LogP contribution in [0.15, 0.2) is 36.5 Å². The number of hydrogen-bond acceptors (Lipinski definition) is 4. The van der Waals surface area contributed by atoms with E-state index >= 15 is 0 Å². The standard InChI is InChI=1S/C17H16F2N4O2/c1-10-7-15-20-9-13(11(2)23(15)22-10)16(24)21-8-12-5-3-4-6-14(12)25-17(18)19/h3-7,9,17H,8H2,1-2H3,(H,21,24). The molecule has 8 heteroatoms. The molecule has 25 heavy (non-hydrogen) atoms. The van der Waals surface area contributed by atoms with Gasteiger partial charge in [0.15, 0.2) is 5.65 Å². The first-order valence-electron chi connectivity index (χ1n) is 7.58. The lowest BCUT2D eigenvalue weighted by molar-refractivity contribution is -0.0504. The van der Waals surface area contributed by atoms with Crippen LogP contribution in [0, 0.1) is 13.8 Å². The molecule has 0 saturated carbocycles. The number of ether oxygens (including phenoxy) is 1. The molecule has 2 aromatic heterocycles. The van der Waals surface area contributed by atoms with Gasteiger partial charge in [-0.1, -0.05) is 18.2 Å². The van der Waals surface area contributed by atoms with Crippen LogP contribution >= 0.6 is 0 Å². The van der Waals surface area contributed by atoms with Crippen LogP contribution in [-0.4, -0.2) is 27.1 Å². The molecule has 1 N–H and O–H groups in total. The highest BCUT2D eigenvalue weighted by molar-refractivity contribution is 5.95. The molecule has 1 aromatic carbocycles. The number of halogens is 2. The second-order valence-electron chi connectivity index (χ2n) is 5.48. The van der Waals surface area contributed by atoms with Gasteiger partial charge in [-0.05, 0) is 19.9 Å². The molecule has 1 amide bonds. The average Bonchev–Trinajstić information content (AvgIpc) is 2.95. The first kappa shape index (κ1) is 16.8. The van der Waals surface area contributed by atoms with E-state index in [4.69, 9.17) is 0 Å². The molecule has 0 fully saturated rings. The highest BCUT2D eigenvalue weighted by Gasteiger charge is 2.15. The van der Waals surface area contributed by atoms with E-state index in [-0.39, 0.29) is 18.2 Å². The fourth-order valence-electron chi connectivity index (χ4n) is 2.52. The van der Waals surface area contributed by atoms with E-state index in [1.807, 2.05) is 13.0 Å². The molecule has 0 aliphatic carbocycles. The van der Waals surface area contributed by atoms with E-state index in [1.54, 1.807) is 29.6 Å². The summed E-state index contributed by atoms with van der Waals surface area (Å²) in [6.07, 6.45) is 1.47. The topological polar surface area (TPSA) is 68.5 Å². The van der Waals surface area contributed by atoms with Gasteiger partial charge in [0.1, 0.15) is 5.75 Å². The SMILES string of the molecule is Cc1cc2ncc(C(=O)NCc3ccccc3OC(F)F)c(C)n2n1. The Morgan fingerprint density at radius 2 is 2.08 bits per heavy atom. The Bertz CT molecular complexity index is 924. The summed E-state index contributed by atoms with van der Waals surface area (Å²) in [6.45, 7) is 0.739. The maximum Gasteiger partial charge on any atom is 0.387 e. The number of nitrogens with one attached hydrogen (secondary N) is 1. The summed E-state index contributed by atoms with van der Waals surface area (Å²) in [5, 5.41) is 6.99. The third-order valence-electron chi connectivity index (χ3n) is 3.72. The normalized spacial score (nSPS) is 11.1. The van der Waals surface area contributed by atoms with Gasteiger partial charge in [-0.15, -0.1) is 0 Å². The second-order valence-corrected chi connectivity index (χ2v) is 5.48. The predicted octanol–water partition coefficient (Wildman–Crippen LogP) is 2.88. The fraction of sp³-hybridized carbons (Fsp3) is 0.235. The lowest BCUT2D eigenvalue weighted by atomic mass is 10.2. The summed E-state index contributed by atoms with van der Waals surface area (Å²) >= 11 is 0. The van der Waals surface area contributed by atoms with Crippen molar-refractivity contribution < 1.29 is 18.3 Å². The summed E-state index contributed by atoms with van der Waals surface area (Å²) in [4.78, 5) is 16.7. The number of hydrogen-bond donors (Lipinski definition) is 1. The molecule has 0 atom stereocenters. The van der Waals surface area contributed by atoms with Crippen molar-refractivity contribution in [2.24, 2.45) is 0 Å². The van der Waals surface area contributed by atoms with Crippen molar-refractivity contribution in [3.8, 4) is 5.75 Å². The van der Waals surface area contributed by atoms with Crippen LogP contribution in [0.2, 0.25) is 0 Å². The zero-order valence-electron chi connectivity index (χ0n) is 13.7. The van der Waals surface area contributed by atoms with Crippen molar-refractivity contribution in [3.05, 3.63) is 59.0 Å². The fourth-order valence-corrected chi connectivity index (χ4v) is 2.52. The van der Waals surface area contributed by atoms with Crippen LogP contribution in [-0.2, 0) is 6.54 Å². The summed E-state index contributed by atoms with van der Waals surface area (Å²) in [7, 11) is 0. The largest absolute Gasteiger partial charge is 0.434 e. The van der Waals surface area contributed by atoms with Crippen LogP contribution < -0.4 is 10.1 Å². The molecule has 2 heterocycles. The molecular formula is C17H16F2N4O2. The summed E-state index contributed by atoms with van der Waals surface area (Å²) in [5.41, 5.74) is 2.92. The molecule has 130 valence electrons. The minimum atomic E-state index is -2.92. The minimum Gasteiger partial charge on any atom is -0.434 e. The number of aromatic nitrogens is 3. The van der Waals surface area contributed by atoms with E-state index in [1.165, 1.54) is 12.3 Å². The zero-order chi connectivity index (χ0) is 18.0. The Hall–Kier alpha value is -3.03. The summed E-state index contributed by atoms with van der Waals surface area (Å²) < 4.78 is 30.9. The first-order chi connectivity index (χ1) is 12.0. The molecule has 3 aromatic rings. The Balaban J connectivity index is 1.78. The van der Waals surface area contributed by atoms with E-state index in [9.17, 15) is 13.6 Å². The van der Waals surface area contributed by atoms with Gasteiger partial charge in [-0.3, -0.25) is 4.79 Å². The number of alkyl halides is 2. The number of amides is 1. The Labute approximate surface area is 142 Å². The Morgan fingerprint density at radius 1 is 1.32 bits per heavy atom. The summed E-state index contributed by atoms with van der Waals surface area (Å²) in [5.74, 6) is -0.335. The molecule has 0 aliphatic rings. The number of fused-ring (bicyclic) bond motifs is 1. The van der Waals surface area contributed by atoms with Crippen molar-refractivity contribution >= 4 is 11.6 Å². The third kappa shape index (κ3) is 3.57. The van der Waals surface area contributed by atoms with E-state index in [2.05, 4.69) is 20.1 Å². The van der Waals surface area contributed by atoms with Crippen LogP contribution in [0.3, 0.4) is 0 Å². The van der Waals surface area contributed by atoms with Crippen molar-refractivity contribution in [1.82, 2.24) is 19.9 Å². The van der Waals surface area contributed by atoms with Gasteiger partial charge in [-0.2, -0.15) is 13.9 Å². The quantitative estimate of drug-likeness (QED) is 0.771. The lowest BCUT2D eigenvalue weighted by Gasteiger charge is -2.12. The van der Waals surface area contributed by atoms with Crippen molar-refractivity contribution in [3.63, 3.8) is 0 Å². The van der Waals surface area contributed by atoms with Gasteiger partial charge in [-0.25, -0.2) is 9.50 Å². The highest BCUT2D eigenvalue weighted by atomic mass is 19.3. The molecule has 0 radical (unpaired) electrons. The number of benzene rings is 1. The van der Waals surface area contributed by atoms with Gasteiger partial charge in [0.25, 0.3) is 5.91 Å². The lowest BCUT2D eigenvalue weighted by Crippen LogP contribution is -2.25. The molecular weight excluding hydrogens is 330 g/mol. The molecule has 0 spiro atoms. The molecule has 0 saturated heterocycles. The number of carbonyl (C=O) groups is 1. The van der Waals surface area contributed by atoms with E-state index < -0.39 is 6.61 Å². The Morgan fingerprint density at radius 3 is 2.84 bits per heavy atom. The highest BCUT2D eigenvalue weighted by Crippen LogP contribution is 2.20.